The minimum atomic E-state index is -0.277. The van der Waals surface area contributed by atoms with E-state index in [1.165, 1.54) is 0 Å². The van der Waals surface area contributed by atoms with Crippen LogP contribution in [0.3, 0.4) is 0 Å². The molecule has 1 fully saturated rings. The molecule has 2 aromatic carbocycles. The number of carbonyl (C=O) groups excluding carboxylic acids is 2. The van der Waals surface area contributed by atoms with Gasteiger partial charge in [-0.2, -0.15) is 0 Å². The van der Waals surface area contributed by atoms with E-state index in [1.54, 1.807) is 12.1 Å². The lowest BCUT2D eigenvalue weighted by atomic mass is 9.88. The number of aryl methyl sites for hydroxylation is 2. The fraction of sp³-hybridized carbons (Fsp3) is 0.391. The van der Waals surface area contributed by atoms with Crippen molar-refractivity contribution in [1.29, 1.82) is 0 Å². The first-order valence-corrected chi connectivity index (χ1v) is 9.67. The zero-order chi connectivity index (χ0) is 20.3. The maximum Gasteiger partial charge on any atom is 0.255 e. The van der Waals surface area contributed by atoms with Crippen LogP contribution in [0.2, 0.25) is 0 Å². The highest BCUT2D eigenvalue weighted by molar-refractivity contribution is 6.05. The Morgan fingerprint density at radius 1 is 1.04 bits per heavy atom. The Morgan fingerprint density at radius 3 is 2.43 bits per heavy atom. The number of amides is 2. The highest BCUT2D eigenvalue weighted by Gasteiger charge is 2.32. The van der Waals surface area contributed by atoms with Crippen molar-refractivity contribution >= 4 is 23.2 Å². The van der Waals surface area contributed by atoms with Gasteiger partial charge in [-0.05, 0) is 70.4 Å². The van der Waals surface area contributed by atoms with Crippen LogP contribution in [0.4, 0.5) is 11.4 Å². The topological polar surface area (TPSA) is 67.4 Å². The fourth-order valence-corrected chi connectivity index (χ4v) is 3.43. The molecule has 0 radical (unpaired) electrons. The Labute approximate surface area is 166 Å². The van der Waals surface area contributed by atoms with Crippen LogP contribution in [0.25, 0.3) is 0 Å². The molecule has 148 valence electrons. The van der Waals surface area contributed by atoms with E-state index in [9.17, 15) is 9.59 Å². The number of hydrogen-bond donors (Lipinski definition) is 2. The molecule has 1 aliphatic heterocycles. The third-order valence-corrected chi connectivity index (χ3v) is 5.13. The van der Waals surface area contributed by atoms with Crippen molar-refractivity contribution in [3.8, 4) is 0 Å². The average molecular weight is 380 g/mol. The standard InChI is InChI=1S/C23H28N2O3/c1-15-5-8-17(9-6-15)21(26)25-20-13-19(10-7-16(20)2)24-22(27)18-11-12-28-23(3,4)14-18/h5-10,13,18H,11-12,14H2,1-4H3,(H,24,27)(H,25,26)/t18-/m0/s1. The Kier molecular flexibility index (Phi) is 5.84. The highest BCUT2D eigenvalue weighted by Crippen LogP contribution is 2.30. The van der Waals surface area contributed by atoms with Gasteiger partial charge in [-0.1, -0.05) is 23.8 Å². The number of hydrogen-bond acceptors (Lipinski definition) is 3. The third kappa shape index (κ3) is 4.98. The molecule has 1 atom stereocenters. The van der Waals surface area contributed by atoms with E-state index in [0.717, 1.165) is 17.5 Å². The lowest BCUT2D eigenvalue weighted by Gasteiger charge is -2.34. The van der Waals surface area contributed by atoms with Gasteiger partial charge < -0.3 is 15.4 Å². The van der Waals surface area contributed by atoms with Gasteiger partial charge in [-0.15, -0.1) is 0 Å². The average Bonchev–Trinajstić information content (AvgIpc) is 2.64. The van der Waals surface area contributed by atoms with Crippen LogP contribution in [-0.4, -0.2) is 24.0 Å². The summed E-state index contributed by atoms with van der Waals surface area (Å²) < 4.78 is 5.70. The molecule has 1 saturated heterocycles. The molecule has 0 unspecified atom stereocenters. The van der Waals surface area contributed by atoms with E-state index in [-0.39, 0.29) is 23.3 Å². The first kappa shape index (κ1) is 20.1. The maximum absolute atomic E-state index is 12.7. The van der Waals surface area contributed by atoms with Crippen LogP contribution < -0.4 is 10.6 Å². The SMILES string of the molecule is Cc1ccc(C(=O)Nc2cc(NC(=O)[C@H]3CCOC(C)(C)C3)ccc2C)cc1. The first-order chi connectivity index (χ1) is 13.2. The van der Waals surface area contributed by atoms with E-state index >= 15 is 0 Å². The zero-order valence-corrected chi connectivity index (χ0v) is 17.0. The van der Waals surface area contributed by atoms with E-state index in [4.69, 9.17) is 4.74 Å². The molecule has 0 aliphatic carbocycles. The monoisotopic (exact) mass is 380 g/mol. The summed E-state index contributed by atoms with van der Waals surface area (Å²) in [6.45, 7) is 8.53. The number of carbonyl (C=O) groups is 2. The van der Waals surface area contributed by atoms with Crippen LogP contribution in [0, 0.1) is 19.8 Å². The molecule has 3 rings (SSSR count). The van der Waals surface area contributed by atoms with Crippen LogP contribution in [0.15, 0.2) is 42.5 Å². The van der Waals surface area contributed by atoms with Crippen LogP contribution >= 0.6 is 0 Å². The zero-order valence-electron chi connectivity index (χ0n) is 17.0. The molecular formula is C23H28N2O3. The van der Waals surface area contributed by atoms with E-state index in [2.05, 4.69) is 10.6 Å². The van der Waals surface area contributed by atoms with Gasteiger partial charge in [0.25, 0.3) is 5.91 Å². The second-order valence-corrected chi connectivity index (χ2v) is 8.14. The normalized spacial score (nSPS) is 18.4. The van der Waals surface area contributed by atoms with Gasteiger partial charge in [0.05, 0.1) is 5.60 Å². The third-order valence-electron chi connectivity index (χ3n) is 5.13. The predicted octanol–water partition coefficient (Wildman–Crippen LogP) is 4.70. The number of anilines is 2. The highest BCUT2D eigenvalue weighted by atomic mass is 16.5. The molecule has 0 saturated carbocycles. The predicted molar refractivity (Wildman–Crippen MR) is 112 cm³/mol. The van der Waals surface area contributed by atoms with Crippen LogP contribution in [-0.2, 0) is 9.53 Å². The summed E-state index contributed by atoms with van der Waals surface area (Å²) in [7, 11) is 0. The van der Waals surface area contributed by atoms with Crippen LogP contribution in [0.1, 0.15) is 48.2 Å². The van der Waals surface area contributed by atoms with Crippen LogP contribution in [0.5, 0.6) is 0 Å². The smallest absolute Gasteiger partial charge is 0.255 e. The van der Waals surface area contributed by atoms with Crippen molar-refractivity contribution in [2.45, 2.75) is 46.1 Å². The summed E-state index contributed by atoms with van der Waals surface area (Å²) in [5.41, 5.74) is 3.74. The molecule has 0 aromatic heterocycles. The van der Waals surface area contributed by atoms with Gasteiger partial charge in [0, 0.05) is 29.5 Å². The molecule has 1 heterocycles. The van der Waals surface area contributed by atoms with E-state index < -0.39 is 0 Å². The summed E-state index contributed by atoms with van der Waals surface area (Å²) in [4.78, 5) is 25.2. The molecular weight excluding hydrogens is 352 g/mol. The van der Waals surface area contributed by atoms with Gasteiger partial charge in [0.15, 0.2) is 0 Å². The van der Waals surface area contributed by atoms with E-state index in [1.807, 2.05) is 58.0 Å². The Balaban J connectivity index is 1.69. The molecule has 5 heteroatoms. The Bertz CT molecular complexity index is 872. The Hall–Kier alpha value is -2.66. The second kappa shape index (κ2) is 8.15. The molecule has 5 nitrogen and oxygen atoms in total. The summed E-state index contributed by atoms with van der Waals surface area (Å²) in [5.74, 6) is -0.246. The summed E-state index contributed by atoms with van der Waals surface area (Å²) >= 11 is 0. The number of nitrogens with one attached hydrogen (secondary N) is 2. The lowest BCUT2D eigenvalue weighted by Crippen LogP contribution is -2.39. The maximum atomic E-state index is 12.7. The molecule has 28 heavy (non-hydrogen) atoms. The first-order valence-electron chi connectivity index (χ1n) is 9.67. The molecule has 2 N–H and O–H groups in total. The molecule has 2 aromatic rings. The molecule has 0 spiro atoms. The van der Waals surface area contributed by atoms with Crippen molar-refractivity contribution in [2.24, 2.45) is 5.92 Å². The molecule has 1 aliphatic rings. The minimum Gasteiger partial charge on any atom is -0.376 e. The fourth-order valence-electron chi connectivity index (χ4n) is 3.43. The Morgan fingerprint density at radius 2 is 1.75 bits per heavy atom. The van der Waals surface area contributed by atoms with Gasteiger partial charge in [0.2, 0.25) is 5.91 Å². The van der Waals surface area contributed by atoms with Crippen molar-refractivity contribution in [3.63, 3.8) is 0 Å². The number of ether oxygens (including phenoxy) is 1. The molecule has 0 bridgehead atoms. The van der Waals surface area contributed by atoms with Crippen molar-refractivity contribution in [1.82, 2.24) is 0 Å². The van der Waals surface area contributed by atoms with Gasteiger partial charge in [-0.3, -0.25) is 9.59 Å². The van der Waals surface area contributed by atoms with Gasteiger partial charge in [-0.25, -0.2) is 0 Å². The summed E-state index contributed by atoms with van der Waals surface area (Å²) in [5, 5.41) is 5.93. The van der Waals surface area contributed by atoms with Crippen molar-refractivity contribution in [3.05, 3.63) is 59.2 Å². The lowest BCUT2D eigenvalue weighted by molar-refractivity contribution is -0.130. The van der Waals surface area contributed by atoms with Gasteiger partial charge in [0.1, 0.15) is 0 Å². The number of benzene rings is 2. The molecule has 2 amide bonds. The second-order valence-electron chi connectivity index (χ2n) is 8.14. The quantitative estimate of drug-likeness (QED) is 0.808. The van der Waals surface area contributed by atoms with Gasteiger partial charge >= 0.3 is 0 Å². The van der Waals surface area contributed by atoms with Crippen molar-refractivity contribution in [2.75, 3.05) is 17.2 Å². The largest absolute Gasteiger partial charge is 0.376 e. The van der Waals surface area contributed by atoms with E-state index in [0.29, 0.717) is 30.0 Å². The summed E-state index contributed by atoms with van der Waals surface area (Å²) in [6, 6.07) is 13.0. The number of rotatable bonds is 4. The minimum absolute atomic E-state index is 0.00367. The van der Waals surface area contributed by atoms with Crippen molar-refractivity contribution < 1.29 is 14.3 Å². The summed E-state index contributed by atoms with van der Waals surface area (Å²) in [6.07, 6.45) is 1.42.